The maximum absolute atomic E-state index is 12.3. The van der Waals surface area contributed by atoms with E-state index >= 15 is 0 Å². The lowest BCUT2D eigenvalue weighted by molar-refractivity contribution is -0.210. The lowest BCUT2D eigenvalue weighted by Gasteiger charge is -2.43. The monoisotopic (exact) mass is 342 g/mol. The van der Waals surface area contributed by atoms with Gasteiger partial charge in [0, 0.05) is 5.92 Å². The Morgan fingerprint density at radius 3 is 1.83 bits per heavy atom. The van der Waals surface area contributed by atoms with E-state index in [2.05, 4.69) is 13.8 Å². The summed E-state index contributed by atoms with van der Waals surface area (Å²) in [6.45, 7) is 17.1. The van der Waals surface area contributed by atoms with Crippen molar-refractivity contribution in [3.05, 3.63) is 0 Å². The van der Waals surface area contributed by atoms with E-state index in [4.69, 9.17) is 14.2 Å². The molecule has 24 heavy (non-hydrogen) atoms. The Bertz CT molecular complexity index is 457. The maximum Gasteiger partial charge on any atom is 0.311 e. The van der Waals surface area contributed by atoms with Crippen LogP contribution >= 0.6 is 0 Å². The van der Waals surface area contributed by atoms with E-state index in [1.165, 1.54) is 0 Å². The van der Waals surface area contributed by atoms with E-state index in [1.54, 1.807) is 0 Å². The highest BCUT2D eigenvalue weighted by Crippen LogP contribution is 2.34. The number of rotatable bonds is 3. The van der Waals surface area contributed by atoms with Crippen LogP contribution in [0.3, 0.4) is 0 Å². The van der Waals surface area contributed by atoms with Crippen molar-refractivity contribution in [1.82, 2.24) is 0 Å². The molecule has 5 atom stereocenters. The van der Waals surface area contributed by atoms with Crippen LogP contribution in [-0.4, -0.2) is 36.9 Å². The second-order valence-corrected chi connectivity index (χ2v) is 9.07. The summed E-state index contributed by atoms with van der Waals surface area (Å²) in [6, 6.07) is 0. The van der Waals surface area contributed by atoms with Gasteiger partial charge in [-0.3, -0.25) is 9.59 Å². The smallest absolute Gasteiger partial charge is 0.311 e. The Morgan fingerprint density at radius 1 is 0.875 bits per heavy atom. The van der Waals surface area contributed by atoms with Crippen molar-refractivity contribution in [1.29, 1.82) is 0 Å². The third kappa shape index (κ3) is 5.20. The van der Waals surface area contributed by atoms with Gasteiger partial charge in [-0.25, -0.2) is 0 Å². The first-order valence-electron chi connectivity index (χ1n) is 8.79. The van der Waals surface area contributed by atoms with Crippen LogP contribution in [0.1, 0.15) is 62.3 Å². The fourth-order valence-corrected chi connectivity index (χ4v) is 2.53. The molecule has 0 aliphatic carbocycles. The van der Waals surface area contributed by atoms with Gasteiger partial charge in [0.1, 0.15) is 18.8 Å². The van der Waals surface area contributed by atoms with E-state index < -0.39 is 23.0 Å². The molecule has 1 unspecified atom stereocenters. The average molecular weight is 342 g/mol. The van der Waals surface area contributed by atoms with Gasteiger partial charge in [-0.15, -0.1) is 0 Å². The van der Waals surface area contributed by atoms with Gasteiger partial charge in [0.05, 0.1) is 16.9 Å². The number of carbonyl (C=O) groups excluding carboxylic acids is 2. The van der Waals surface area contributed by atoms with Gasteiger partial charge >= 0.3 is 11.9 Å². The molecular formula is C19H34O5. The standard InChI is InChI=1S/C19H34O5/c1-11-12(2)15(24-17(21)19(7,8)9)14(23-13(11)3)10-22-16(20)18(4,5)6/h11-15H,10H2,1-9H3/t11-,12-,13?,14-,15+/m1/s1. The second-order valence-electron chi connectivity index (χ2n) is 9.07. The zero-order chi connectivity index (χ0) is 18.9. The molecule has 5 nitrogen and oxygen atoms in total. The van der Waals surface area contributed by atoms with Gasteiger partial charge in [-0.1, -0.05) is 13.8 Å². The fraction of sp³-hybridized carbons (Fsp3) is 0.895. The summed E-state index contributed by atoms with van der Waals surface area (Å²) in [4.78, 5) is 24.4. The minimum Gasteiger partial charge on any atom is -0.462 e. The molecule has 1 aliphatic heterocycles. The predicted molar refractivity (Wildman–Crippen MR) is 92.4 cm³/mol. The minimum absolute atomic E-state index is 0.0166. The van der Waals surface area contributed by atoms with Gasteiger partial charge in [0.25, 0.3) is 0 Å². The number of hydrogen-bond acceptors (Lipinski definition) is 5. The van der Waals surface area contributed by atoms with Crippen LogP contribution in [-0.2, 0) is 23.8 Å². The number of ether oxygens (including phenoxy) is 3. The molecular weight excluding hydrogens is 308 g/mol. The van der Waals surface area contributed by atoms with Crippen LogP contribution < -0.4 is 0 Å². The first-order chi connectivity index (χ1) is 10.7. The van der Waals surface area contributed by atoms with E-state index in [-0.39, 0.29) is 36.5 Å². The largest absolute Gasteiger partial charge is 0.462 e. The molecule has 5 heteroatoms. The average Bonchev–Trinajstić information content (AvgIpc) is 2.43. The Morgan fingerprint density at radius 2 is 1.38 bits per heavy atom. The van der Waals surface area contributed by atoms with Crippen LogP contribution in [0, 0.1) is 22.7 Å². The summed E-state index contributed by atoms with van der Waals surface area (Å²) in [6.07, 6.45) is -0.845. The van der Waals surface area contributed by atoms with Crippen LogP contribution in [0.15, 0.2) is 0 Å². The highest BCUT2D eigenvalue weighted by molar-refractivity contribution is 5.76. The molecule has 1 fully saturated rings. The third-order valence-electron chi connectivity index (χ3n) is 4.69. The number of esters is 2. The SMILES string of the molecule is CC1O[C@H](COC(=O)C(C)(C)C)[C@@H](OC(=O)C(C)(C)C)[C@H](C)[C@H]1C. The van der Waals surface area contributed by atoms with Gasteiger partial charge < -0.3 is 14.2 Å². The molecule has 1 rings (SSSR count). The second kappa shape index (κ2) is 7.42. The third-order valence-corrected chi connectivity index (χ3v) is 4.69. The molecule has 0 amide bonds. The number of carbonyl (C=O) groups is 2. The lowest BCUT2D eigenvalue weighted by Crippen LogP contribution is -2.53. The topological polar surface area (TPSA) is 61.8 Å². The highest BCUT2D eigenvalue weighted by Gasteiger charge is 2.44. The van der Waals surface area contributed by atoms with Gasteiger partial charge in [0.2, 0.25) is 0 Å². The molecule has 1 saturated heterocycles. The molecule has 0 radical (unpaired) electrons. The molecule has 0 aromatic rings. The zero-order valence-corrected chi connectivity index (χ0v) is 16.6. The van der Waals surface area contributed by atoms with Gasteiger partial charge in [-0.05, 0) is 54.4 Å². The van der Waals surface area contributed by atoms with Crippen LogP contribution in [0.25, 0.3) is 0 Å². The summed E-state index contributed by atoms with van der Waals surface area (Å²) in [5.74, 6) is -0.182. The molecule has 140 valence electrons. The van der Waals surface area contributed by atoms with Crippen molar-refractivity contribution in [2.45, 2.75) is 80.6 Å². The predicted octanol–water partition coefficient (Wildman–Crippen LogP) is 3.59. The van der Waals surface area contributed by atoms with Crippen molar-refractivity contribution in [3.8, 4) is 0 Å². The lowest BCUT2D eigenvalue weighted by atomic mass is 9.81. The maximum atomic E-state index is 12.3. The number of hydrogen-bond donors (Lipinski definition) is 0. The summed E-state index contributed by atoms with van der Waals surface area (Å²) < 4.78 is 17.2. The molecule has 0 aromatic carbocycles. The van der Waals surface area contributed by atoms with Crippen molar-refractivity contribution in [2.75, 3.05) is 6.61 Å². The Hall–Kier alpha value is -1.10. The van der Waals surface area contributed by atoms with E-state index in [9.17, 15) is 9.59 Å². The van der Waals surface area contributed by atoms with Crippen molar-refractivity contribution in [2.24, 2.45) is 22.7 Å². The summed E-state index contributed by atoms with van der Waals surface area (Å²) in [5, 5.41) is 0. The Balaban J connectivity index is 2.87. The van der Waals surface area contributed by atoms with Crippen molar-refractivity contribution >= 4 is 11.9 Å². The molecule has 0 spiro atoms. The summed E-state index contributed by atoms with van der Waals surface area (Å²) >= 11 is 0. The molecule has 1 aliphatic rings. The van der Waals surface area contributed by atoms with Crippen molar-refractivity contribution in [3.63, 3.8) is 0 Å². The first-order valence-corrected chi connectivity index (χ1v) is 8.79. The molecule has 0 aromatic heterocycles. The summed E-state index contributed by atoms with van der Waals surface area (Å²) in [5.41, 5.74) is -1.16. The molecule has 0 N–H and O–H groups in total. The fourth-order valence-electron chi connectivity index (χ4n) is 2.53. The zero-order valence-electron chi connectivity index (χ0n) is 16.6. The van der Waals surface area contributed by atoms with Gasteiger partial charge in [0.15, 0.2) is 0 Å². The normalized spacial score (nSPS) is 31.5. The quantitative estimate of drug-likeness (QED) is 0.734. The first kappa shape index (κ1) is 20.9. The van der Waals surface area contributed by atoms with Crippen molar-refractivity contribution < 1.29 is 23.8 Å². The van der Waals surface area contributed by atoms with Crippen LogP contribution in [0.4, 0.5) is 0 Å². The molecule has 1 heterocycles. The van der Waals surface area contributed by atoms with Crippen LogP contribution in [0.2, 0.25) is 0 Å². The summed E-state index contributed by atoms with van der Waals surface area (Å²) in [7, 11) is 0. The highest BCUT2D eigenvalue weighted by atomic mass is 16.6. The molecule has 0 saturated carbocycles. The van der Waals surface area contributed by atoms with Crippen LogP contribution in [0.5, 0.6) is 0 Å². The van der Waals surface area contributed by atoms with E-state index in [0.29, 0.717) is 0 Å². The molecule has 0 bridgehead atoms. The minimum atomic E-state index is -0.585. The Labute approximate surface area is 146 Å². The van der Waals surface area contributed by atoms with Gasteiger partial charge in [-0.2, -0.15) is 0 Å². The van der Waals surface area contributed by atoms with E-state index in [0.717, 1.165) is 0 Å². The van der Waals surface area contributed by atoms with E-state index in [1.807, 2.05) is 48.5 Å². The Kier molecular flexibility index (Phi) is 6.48.